The van der Waals surface area contributed by atoms with E-state index in [0.29, 0.717) is 12.1 Å². The number of rotatable bonds is 1. The van der Waals surface area contributed by atoms with Gasteiger partial charge in [0.1, 0.15) is 0 Å². The maximum Gasteiger partial charge on any atom is 0.416 e. The maximum absolute atomic E-state index is 12.6. The third-order valence-corrected chi connectivity index (χ3v) is 3.52. The van der Waals surface area contributed by atoms with Crippen LogP contribution in [-0.4, -0.2) is 17.5 Å². The molecule has 0 aromatic heterocycles. The zero-order valence-corrected chi connectivity index (χ0v) is 10.5. The summed E-state index contributed by atoms with van der Waals surface area (Å²) >= 11 is 1.13. The summed E-state index contributed by atoms with van der Waals surface area (Å²) in [6, 6.07) is 1.15. The number of hydrogen-bond donors (Lipinski definition) is 0. The van der Waals surface area contributed by atoms with Gasteiger partial charge in [-0.25, -0.2) is 0 Å². The number of anilines is 1. The van der Waals surface area contributed by atoms with E-state index in [1.165, 1.54) is 0 Å². The number of carbonyl (C=O) groups excluding carboxylic acids is 1. The summed E-state index contributed by atoms with van der Waals surface area (Å²) in [5.74, 6) is -0.433. The summed E-state index contributed by atoms with van der Waals surface area (Å²) in [6.45, 7) is 0. The van der Waals surface area contributed by atoms with Crippen molar-refractivity contribution in [1.29, 1.82) is 0 Å². The first kappa shape index (κ1) is 15.0. The van der Waals surface area contributed by atoms with Gasteiger partial charge in [0.25, 0.3) is 0 Å². The Labute approximate surface area is 113 Å². The van der Waals surface area contributed by atoms with Crippen LogP contribution < -0.4 is 4.90 Å². The Hall–Kier alpha value is -1.38. The summed E-state index contributed by atoms with van der Waals surface area (Å²) in [5, 5.41) is 0. The van der Waals surface area contributed by atoms with Crippen molar-refractivity contribution in [3.8, 4) is 0 Å². The van der Waals surface area contributed by atoms with Crippen molar-refractivity contribution in [3.05, 3.63) is 29.3 Å². The quantitative estimate of drug-likeness (QED) is 0.736. The Kier molecular flexibility index (Phi) is 3.66. The molecule has 0 N–H and O–H groups in total. The Morgan fingerprint density at radius 2 is 1.45 bits per heavy atom. The summed E-state index contributed by atoms with van der Waals surface area (Å²) < 4.78 is 75.9. The molecule has 2 rings (SSSR count). The highest BCUT2D eigenvalue weighted by Gasteiger charge is 2.38. The minimum absolute atomic E-state index is 0.0389. The molecule has 1 aliphatic heterocycles. The molecule has 0 aliphatic carbocycles. The van der Waals surface area contributed by atoms with Crippen LogP contribution in [0.4, 0.5) is 32.0 Å². The number of alkyl halides is 6. The minimum Gasteiger partial charge on any atom is -0.302 e. The molecule has 0 bridgehead atoms. The summed E-state index contributed by atoms with van der Waals surface area (Å²) in [7, 11) is 0. The predicted octanol–water partition coefficient (Wildman–Crippen LogP) is 3.76. The second kappa shape index (κ2) is 4.87. The highest BCUT2D eigenvalue weighted by Crippen LogP contribution is 2.39. The van der Waals surface area contributed by atoms with Crippen LogP contribution in [0.5, 0.6) is 0 Å². The molecule has 0 spiro atoms. The SMILES string of the molecule is O=C1CSCN1c1cc(C(F)(F)F)cc(C(F)(F)F)c1. The third kappa shape index (κ3) is 3.02. The molecule has 0 radical (unpaired) electrons. The van der Waals surface area contributed by atoms with Crippen molar-refractivity contribution < 1.29 is 31.1 Å². The normalized spacial score (nSPS) is 16.9. The Balaban J connectivity index is 2.54. The molecule has 1 amide bonds. The van der Waals surface area contributed by atoms with Crippen LogP contribution in [0.3, 0.4) is 0 Å². The first-order valence-electron chi connectivity index (χ1n) is 5.26. The van der Waals surface area contributed by atoms with Crippen LogP contribution in [0.25, 0.3) is 0 Å². The number of halogens is 6. The first-order valence-corrected chi connectivity index (χ1v) is 6.42. The lowest BCUT2D eigenvalue weighted by atomic mass is 10.1. The van der Waals surface area contributed by atoms with Gasteiger partial charge < -0.3 is 4.90 Å². The average Bonchev–Trinajstić information content (AvgIpc) is 2.72. The maximum atomic E-state index is 12.6. The van der Waals surface area contributed by atoms with Gasteiger partial charge in [0.2, 0.25) is 5.91 Å². The molecule has 1 fully saturated rings. The monoisotopic (exact) mass is 315 g/mol. The fourth-order valence-corrected chi connectivity index (χ4v) is 2.58. The molecule has 0 unspecified atom stereocenters. The van der Waals surface area contributed by atoms with Gasteiger partial charge in [-0.3, -0.25) is 4.79 Å². The van der Waals surface area contributed by atoms with Gasteiger partial charge in [-0.2, -0.15) is 26.3 Å². The van der Waals surface area contributed by atoms with E-state index >= 15 is 0 Å². The van der Waals surface area contributed by atoms with Crippen molar-refractivity contribution in [1.82, 2.24) is 0 Å². The smallest absolute Gasteiger partial charge is 0.302 e. The molecule has 1 aromatic carbocycles. The molecule has 110 valence electrons. The van der Waals surface area contributed by atoms with Gasteiger partial charge in [0.05, 0.1) is 22.8 Å². The number of nitrogens with zero attached hydrogens (tertiary/aromatic N) is 1. The van der Waals surface area contributed by atoms with Crippen LogP contribution in [-0.2, 0) is 17.1 Å². The molecule has 0 saturated carbocycles. The van der Waals surface area contributed by atoms with Gasteiger partial charge >= 0.3 is 12.4 Å². The standard InChI is InChI=1S/C11H7F6NOS/c12-10(13,14)6-1-7(11(15,16)17)3-8(2-6)18-5-20-4-9(18)19/h1-3H,4-5H2. The molecule has 1 heterocycles. The fraction of sp³-hybridized carbons (Fsp3) is 0.364. The lowest BCUT2D eigenvalue weighted by Gasteiger charge is -2.19. The fourth-order valence-electron chi connectivity index (χ4n) is 1.69. The van der Waals surface area contributed by atoms with Gasteiger partial charge in [0, 0.05) is 5.69 Å². The average molecular weight is 315 g/mol. The molecule has 9 heteroatoms. The zero-order valence-electron chi connectivity index (χ0n) is 9.68. The van der Waals surface area contributed by atoms with Crippen molar-refractivity contribution in [2.24, 2.45) is 0 Å². The Morgan fingerprint density at radius 3 is 1.80 bits per heavy atom. The molecular formula is C11H7F6NOS. The molecule has 2 nitrogen and oxygen atoms in total. The van der Waals surface area contributed by atoms with Gasteiger partial charge in [-0.15, -0.1) is 11.8 Å². The lowest BCUT2D eigenvalue weighted by molar-refractivity contribution is -0.143. The van der Waals surface area contributed by atoms with Crippen LogP contribution in [0.15, 0.2) is 18.2 Å². The second-order valence-corrected chi connectivity index (χ2v) is 5.02. The van der Waals surface area contributed by atoms with Gasteiger partial charge in [-0.1, -0.05) is 0 Å². The number of amides is 1. The summed E-state index contributed by atoms with van der Waals surface area (Å²) in [5.41, 5.74) is -3.24. The summed E-state index contributed by atoms with van der Waals surface area (Å²) in [4.78, 5) is 12.4. The zero-order chi connectivity index (χ0) is 15.1. The Morgan fingerprint density at radius 1 is 0.950 bits per heavy atom. The predicted molar refractivity (Wildman–Crippen MR) is 61.3 cm³/mol. The van der Waals surface area contributed by atoms with E-state index in [9.17, 15) is 31.1 Å². The number of benzene rings is 1. The van der Waals surface area contributed by atoms with Gasteiger partial charge in [0.15, 0.2) is 0 Å². The van der Waals surface area contributed by atoms with E-state index < -0.39 is 29.4 Å². The third-order valence-electron chi connectivity index (χ3n) is 2.63. The molecular weight excluding hydrogens is 308 g/mol. The number of carbonyl (C=O) groups is 1. The lowest BCUT2D eigenvalue weighted by Crippen LogP contribution is -2.26. The van der Waals surface area contributed by atoms with Crippen molar-refractivity contribution >= 4 is 23.4 Å². The van der Waals surface area contributed by atoms with Crippen LogP contribution in [0.1, 0.15) is 11.1 Å². The largest absolute Gasteiger partial charge is 0.416 e. The topological polar surface area (TPSA) is 20.3 Å². The van der Waals surface area contributed by atoms with E-state index in [4.69, 9.17) is 0 Å². The Bertz CT molecular complexity index is 506. The van der Waals surface area contributed by atoms with E-state index in [1.807, 2.05) is 0 Å². The molecule has 1 saturated heterocycles. The molecule has 1 aliphatic rings. The van der Waals surface area contributed by atoms with E-state index in [2.05, 4.69) is 0 Å². The van der Waals surface area contributed by atoms with Crippen LogP contribution in [0, 0.1) is 0 Å². The van der Waals surface area contributed by atoms with E-state index in [-0.39, 0.29) is 23.4 Å². The highest BCUT2D eigenvalue weighted by atomic mass is 32.2. The summed E-state index contributed by atoms with van der Waals surface area (Å²) in [6.07, 6.45) is -9.82. The molecule has 20 heavy (non-hydrogen) atoms. The van der Waals surface area contributed by atoms with Crippen LogP contribution >= 0.6 is 11.8 Å². The van der Waals surface area contributed by atoms with Gasteiger partial charge in [-0.05, 0) is 18.2 Å². The van der Waals surface area contributed by atoms with E-state index in [0.717, 1.165) is 16.7 Å². The van der Waals surface area contributed by atoms with E-state index in [1.54, 1.807) is 0 Å². The number of hydrogen-bond acceptors (Lipinski definition) is 2. The number of thioether (sulfide) groups is 1. The second-order valence-electron chi connectivity index (χ2n) is 4.06. The van der Waals surface area contributed by atoms with Crippen molar-refractivity contribution in [2.75, 3.05) is 16.5 Å². The highest BCUT2D eigenvalue weighted by molar-refractivity contribution is 8.00. The first-order chi connectivity index (χ1) is 9.09. The minimum atomic E-state index is -4.91. The molecule has 1 aromatic rings. The van der Waals surface area contributed by atoms with Crippen molar-refractivity contribution in [2.45, 2.75) is 12.4 Å². The van der Waals surface area contributed by atoms with Crippen molar-refractivity contribution in [3.63, 3.8) is 0 Å². The van der Waals surface area contributed by atoms with Crippen LogP contribution in [0.2, 0.25) is 0 Å². The molecule has 0 atom stereocenters.